The van der Waals surface area contributed by atoms with Gasteiger partial charge in [-0.05, 0) is 13.8 Å². The van der Waals surface area contributed by atoms with Gasteiger partial charge in [-0.1, -0.05) is 0 Å². The lowest BCUT2D eigenvalue weighted by Gasteiger charge is -1.98. The van der Waals surface area contributed by atoms with Crippen LogP contribution >= 0.6 is 0 Å². The summed E-state index contributed by atoms with van der Waals surface area (Å²) in [6, 6.07) is 0. The summed E-state index contributed by atoms with van der Waals surface area (Å²) in [6.07, 6.45) is 1.43. The first-order valence-electron chi connectivity index (χ1n) is 3.59. The van der Waals surface area contributed by atoms with E-state index in [4.69, 9.17) is 0 Å². The van der Waals surface area contributed by atoms with E-state index in [1.807, 2.05) is 0 Å². The topological polar surface area (TPSA) is 64.2 Å². The number of aromatic amines is 1. The van der Waals surface area contributed by atoms with E-state index in [1.54, 1.807) is 13.8 Å². The summed E-state index contributed by atoms with van der Waals surface area (Å²) in [4.78, 5) is 26.4. The Bertz CT molecular complexity index is 269. The van der Waals surface area contributed by atoms with E-state index >= 15 is 0 Å². The quantitative estimate of drug-likeness (QED) is 0.539. The number of hydrogen-bond donors (Lipinski definition) is 1. The van der Waals surface area contributed by atoms with E-state index in [0.717, 1.165) is 0 Å². The van der Waals surface area contributed by atoms with Gasteiger partial charge in [0, 0.05) is 5.69 Å². The number of carbonyl (C=O) groups excluding carboxylic acids is 1. The molecule has 0 amide bonds. The van der Waals surface area contributed by atoms with Crippen LogP contribution in [-0.2, 0) is 9.78 Å². The Balaban J connectivity index is 2.59. The van der Waals surface area contributed by atoms with Crippen LogP contribution in [0.25, 0.3) is 0 Å². The molecule has 0 aromatic carbocycles. The van der Waals surface area contributed by atoms with Gasteiger partial charge in [-0.3, -0.25) is 4.89 Å². The number of nitrogens with one attached hydrogen (secondary N) is 1. The summed E-state index contributed by atoms with van der Waals surface area (Å²) in [6.45, 7) is 3.79. The third-order valence-electron chi connectivity index (χ3n) is 1.28. The van der Waals surface area contributed by atoms with Crippen LogP contribution in [0.3, 0.4) is 0 Å². The molecule has 1 aromatic rings. The van der Waals surface area contributed by atoms with Crippen molar-refractivity contribution >= 4 is 5.97 Å². The van der Waals surface area contributed by atoms with Gasteiger partial charge in [0.1, 0.15) is 0 Å². The van der Waals surface area contributed by atoms with Gasteiger partial charge in [0.15, 0.2) is 5.69 Å². The Morgan fingerprint density at radius 3 is 3.00 bits per heavy atom. The fourth-order valence-electron chi connectivity index (χ4n) is 0.717. The number of carbonyl (C=O) groups is 1. The van der Waals surface area contributed by atoms with Crippen LogP contribution in [0.2, 0.25) is 0 Å². The van der Waals surface area contributed by atoms with Crippen LogP contribution in [0.5, 0.6) is 0 Å². The van der Waals surface area contributed by atoms with Crippen LogP contribution in [0, 0.1) is 6.92 Å². The van der Waals surface area contributed by atoms with Gasteiger partial charge in [-0.25, -0.2) is 9.78 Å². The zero-order chi connectivity index (χ0) is 8.97. The van der Waals surface area contributed by atoms with Gasteiger partial charge < -0.3 is 4.98 Å². The SMILES string of the molecule is CCOOC(=O)c1nc[nH]c1C. The average molecular weight is 170 g/mol. The van der Waals surface area contributed by atoms with E-state index in [1.165, 1.54) is 6.33 Å². The van der Waals surface area contributed by atoms with Crippen molar-refractivity contribution in [2.45, 2.75) is 13.8 Å². The highest BCUT2D eigenvalue weighted by atomic mass is 17.2. The van der Waals surface area contributed by atoms with Gasteiger partial charge in [0.2, 0.25) is 0 Å². The van der Waals surface area contributed by atoms with Crippen LogP contribution in [-0.4, -0.2) is 22.5 Å². The predicted octanol–water partition coefficient (Wildman–Crippen LogP) is 0.826. The maximum Gasteiger partial charge on any atom is 0.393 e. The Hall–Kier alpha value is -1.36. The van der Waals surface area contributed by atoms with Crippen molar-refractivity contribution in [3.63, 3.8) is 0 Å². The third-order valence-corrected chi connectivity index (χ3v) is 1.28. The predicted molar refractivity (Wildman–Crippen MR) is 40.4 cm³/mol. The van der Waals surface area contributed by atoms with E-state index in [9.17, 15) is 4.79 Å². The minimum absolute atomic E-state index is 0.253. The Morgan fingerprint density at radius 1 is 1.75 bits per heavy atom. The third kappa shape index (κ3) is 1.82. The molecule has 0 atom stereocenters. The molecule has 1 aromatic heterocycles. The smallest absolute Gasteiger partial charge is 0.348 e. The first-order valence-corrected chi connectivity index (χ1v) is 3.59. The summed E-state index contributed by atoms with van der Waals surface area (Å²) in [5.74, 6) is -0.574. The molecule has 5 heteroatoms. The second kappa shape index (κ2) is 3.87. The number of aryl methyl sites for hydroxylation is 1. The number of imidazole rings is 1. The lowest BCUT2D eigenvalue weighted by Crippen LogP contribution is -2.07. The molecule has 0 bridgehead atoms. The number of nitrogens with zero attached hydrogens (tertiary/aromatic N) is 1. The molecule has 0 fully saturated rings. The molecule has 1 rings (SSSR count). The number of aromatic nitrogens is 2. The van der Waals surface area contributed by atoms with Gasteiger partial charge in [0.25, 0.3) is 0 Å². The highest BCUT2D eigenvalue weighted by molar-refractivity contribution is 5.87. The molecule has 0 aliphatic heterocycles. The Morgan fingerprint density at radius 2 is 2.50 bits per heavy atom. The molecule has 66 valence electrons. The van der Waals surface area contributed by atoms with Gasteiger partial charge in [-0.2, -0.15) is 4.89 Å². The molecule has 0 aliphatic carbocycles. The first kappa shape index (κ1) is 8.73. The van der Waals surface area contributed by atoms with Crippen molar-refractivity contribution < 1.29 is 14.6 Å². The lowest BCUT2D eigenvalue weighted by molar-refractivity contribution is -0.237. The van der Waals surface area contributed by atoms with Crippen LogP contribution in [0.4, 0.5) is 0 Å². The second-order valence-corrected chi connectivity index (χ2v) is 2.15. The molecule has 1 heterocycles. The molecule has 0 radical (unpaired) electrons. The summed E-state index contributed by atoms with van der Waals surface area (Å²) < 4.78 is 0. The summed E-state index contributed by atoms with van der Waals surface area (Å²) >= 11 is 0. The molecule has 1 N–H and O–H groups in total. The number of hydrogen-bond acceptors (Lipinski definition) is 4. The molecule has 0 saturated heterocycles. The highest BCUT2D eigenvalue weighted by Crippen LogP contribution is 2.02. The number of rotatable bonds is 3. The fourth-order valence-corrected chi connectivity index (χ4v) is 0.717. The average Bonchev–Trinajstić information content (AvgIpc) is 2.47. The van der Waals surface area contributed by atoms with Crippen molar-refractivity contribution in [2.75, 3.05) is 6.61 Å². The maximum atomic E-state index is 11.1. The van der Waals surface area contributed by atoms with Crippen LogP contribution in [0.15, 0.2) is 6.33 Å². The van der Waals surface area contributed by atoms with Crippen LogP contribution < -0.4 is 0 Å². The van der Waals surface area contributed by atoms with Crippen molar-refractivity contribution in [2.24, 2.45) is 0 Å². The van der Waals surface area contributed by atoms with Crippen molar-refractivity contribution in [1.29, 1.82) is 0 Å². The van der Waals surface area contributed by atoms with E-state index in [0.29, 0.717) is 12.3 Å². The van der Waals surface area contributed by atoms with Crippen molar-refractivity contribution in [3.05, 3.63) is 17.7 Å². The van der Waals surface area contributed by atoms with E-state index < -0.39 is 5.97 Å². The Labute approximate surface area is 69.6 Å². The lowest BCUT2D eigenvalue weighted by atomic mass is 10.4. The molecular weight excluding hydrogens is 160 g/mol. The molecule has 12 heavy (non-hydrogen) atoms. The van der Waals surface area contributed by atoms with E-state index in [2.05, 4.69) is 19.7 Å². The van der Waals surface area contributed by atoms with Crippen LogP contribution in [0.1, 0.15) is 23.1 Å². The maximum absolute atomic E-state index is 11.1. The largest absolute Gasteiger partial charge is 0.393 e. The molecule has 0 aliphatic rings. The monoisotopic (exact) mass is 170 g/mol. The van der Waals surface area contributed by atoms with E-state index in [-0.39, 0.29) is 5.69 Å². The normalized spacial score (nSPS) is 9.83. The summed E-state index contributed by atoms with van der Waals surface area (Å²) in [7, 11) is 0. The summed E-state index contributed by atoms with van der Waals surface area (Å²) in [5.41, 5.74) is 0.920. The standard InChI is InChI=1S/C7H10N2O3/c1-3-11-12-7(10)6-5(2)8-4-9-6/h4H,3H2,1-2H3,(H,8,9). The molecule has 0 saturated carbocycles. The second-order valence-electron chi connectivity index (χ2n) is 2.15. The zero-order valence-corrected chi connectivity index (χ0v) is 6.96. The Kier molecular flexibility index (Phi) is 2.82. The summed E-state index contributed by atoms with van der Waals surface area (Å²) in [5, 5.41) is 0. The minimum Gasteiger partial charge on any atom is -0.348 e. The van der Waals surface area contributed by atoms with Crippen molar-refractivity contribution in [3.8, 4) is 0 Å². The zero-order valence-electron chi connectivity index (χ0n) is 6.96. The molecule has 5 nitrogen and oxygen atoms in total. The van der Waals surface area contributed by atoms with Gasteiger partial charge in [0.05, 0.1) is 12.9 Å². The van der Waals surface area contributed by atoms with Gasteiger partial charge in [-0.15, -0.1) is 0 Å². The molecular formula is C7H10N2O3. The molecule has 0 spiro atoms. The van der Waals surface area contributed by atoms with Gasteiger partial charge >= 0.3 is 5.97 Å². The first-order chi connectivity index (χ1) is 5.75. The fraction of sp³-hybridized carbons (Fsp3) is 0.429. The molecule has 0 unspecified atom stereocenters. The minimum atomic E-state index is -0.574. The highest BCUT2D eigenvalue weighted by Gasteiger charge is 2.13. The van der Waals surface area contributed by atoms with Crippen molar-refractivity contribution in [1.82, 2.24) is 9.97 Å². The number of H-pyrrole nitrogens is 1.